The molecule has 0 N–H and O–H groups in total. The van der Waals surface area contributed by atoms with Gasteiger partial charge in [-0.1, -0.05) is 25.7 Å². The van der Waals surface area contributed by atoms with Gasteiger partial charge in [-0.15, -0.1) is 6.42 Å². The highest BCUT2D eigenvalue weighted by molar-refractivity contribution is 4.82. The highest BCUT2D eigenvalue weighted by atomic mass is 16.6. The molecule has 0 atom stereocenters. The summed E-state index contributed by atoms with van der Waals surface area (Å²) in [6.45, 7) is 7.96. The van der Waals surface area contributed by atoms with Gasteiger partial charge in [0.25, 0.3) is 0 Å². The van der Waals surface area contributed by atoms with Crippen LogP contribution in [0.15, 0.2) is 0 Å². The smallest absolute Gasteiger partial charge is 0.107 e. The molecule has 0 aromatic carbocycles. The van der Waals surface area contributed by atoms with Crippen LogP contribution in [0.4, 0.5) is 0 Å². The first-order chi connectivity index (χ1) is 10.4. The molecule has 0 saturated carbocycles. The average Bonchev–Trinajstić information content (AvgIpc) is 2.50. The molecule has 0 heterocycles. The van der Waals surface area contributed by atoms with Gasteiger partial charge in [0.2, 0.25) is 0 Å². The van der Waals surface area contributed by atoms with Crippen molar-refractivity contribution in [1.82, 2.24) is 0 Å². The molecule has 0 unspecified atom stereocenters. The Morgan fingerprint density at radius 1 is 0.619 bits per heavy atom. The molecule has 5 heteroatoms. The average molecular weight is 302 g/mol. The van der Waals surface area contributed by atoms with Crippen LogP contribution in [0.2, 0.25) is 0 Å². The first kappa shape index (κ1) is 20.4. The third-order valence-corrected chi connectivity index (χ3v) is 2.57. The Bertz CT molecular complexity index is 227. The van der Waals surface area contributed by atoms with Gasteiger partial charge >= 0.3 is 0 Å². The standard InChI is InChI=1S/C16H30O5/c1-3-5-6-8-18-10-12-20-14-16-21-15-13-19-11-9-17-7-4-2/h2H,3,5-16H2,1H3. The lowest BCUT2D eigenvalue weighted by molar-refractivity contribution is -0.00934. The van der Waals surface area contributed by atoms with Crippen molar-refractivity contribution >= 4 is 0 Å². The molecule has 0 rings (SSSR count). The van der Waals surface area contributed by atoms with Crippen LogP contribution in [0.3, 0.4) is 0 Å². The number of rotatable bonds is 17. The summed E-state index contributed by atoms with van der Waals surface area (Å²) in [7, 11) is 0. The molecule has 5 nitrogen and oxygen atoms in total. The molecule has 0 bridgehead atoms. The molecule has 0 radical (unpaired) electrons. The molecule has 0 saturated heterocycles. The van der Waals surface area contributed by atoms with Crippen molar-refractivity contribution in [3.05, 3.63) is 0 Å². The molecule has 0 amide bonds. The van der Waals surface area contributed by atoms with Crippen LogP contribution in [-0.4, -0.2) is 66.1 Å². The lowest BCUT2D eigenvalue weighted by Crippen LogP contribution is -2.13. The molecular weight excluding hydrogens is 272 g/mol. The van der Waals surface area contributed by atoms with E-state index in [1.54, 1.807) is 0 Å². The molecule has 0 aliphatic heterocycles. The summed E-state index contributed by atoms with van der Waals surface area (Å²) >= 11 is 0. The van der Waals surface area contributed by atoms with Gasteiger partial charge in [-0.2, -0.15) is 0 Å². The van der Waals surface area contributed by atoms with Crippen LogP contribution >= 0.6 is 0 Å². The molecule has 0 fully saturated rings. The van der Waals surface area contributed by atoms with E-state index in [1.807, 2.05) is 0 Å². The van der Waals surface area contributed by atoms with E-state index >= 15 is 0 Å². The zero-order valence-electron chi connectivity index (χ0n) is 13.3. The van der Waals surface area contributed by atoms with E-state index in [2.05, 4.69) is 12.8 Å². The van der Waals surface area contributed by atoms with E-state index < -0.39 is 0 Å². The highest BCUT2D eigenvalue weighted by Gasteiger charge is 1.93. The fourth-order valence-electron chi connectivity index (χ4n) is 1.46. The highest BCUT2D eigenvalue weighted by Crippen LogP contribution is 1.93. The zero-order valence-corrected chi connectivity index (χ0v) is 13.3. The zero-order chi connectivity index (χ0) is 15.4. The van der Waals surface area contributed by atoms with Gasteiger partial charge in [-0.3, -0.25) is 0 Å². The maximum absolute atomic E-state index is 5.43. The van der Waals surface area contributed by atoms with Crippen LogP contribution in [0, 0.1) is 12.3 Å². The van der Waals surface area contributed by atoms with Gasteiger partial charge < -0.3 is 23.7 Å². The second-order valence-corrected chi connectivity index (χ2v) is 4.41. The Morgan fingerprint density at radius 3 is 1.48 bits per heavy atom. The lowest BCUT2D eigenvalue weighted by Gasteiger charge is -2.07. The molecule has 0 spiro atoms. The Kier molecular flexibility index (Phi) is 18.8. The fourth-order valence-corrected chi connectivity index (χ4v) is 1.46. The van der Waals surface area contributed by atoms with Crippen molar-refractivity contribution in [2.24, 2.45) is 0 Å². The van der Waals surface area contributed by atoms with Gasteiger partial charge in [0.1, 0.15) is 6.61 Å². The van der Waals surface area contributed by atoms with E-state index in [4.69, 9.17) is 30.1 Å². The second-order valence-electron chi connectivity index (χ2n) is 4.41. The number of terminal acetylenes is 1. The largest absolute Gasteiger partial charge is 0.379 e. The van der Waals surface area contributed by atoms with Crippen LogP contribution in [0.1, 0.15) is 26.2 Å². The van der Waals surface area contributed by atoms with Crippen molar-refractivity contribution < 1.29 is 23.7 Å². The number of unbranched alkanes of at least 4 members (excludes halogenated alkanes) is 2. The first-order valence-corrected chi connectivity index (χ1v) is 7.74. The monoisotopic (exact) mass is 302 g/mol. The summed E-state index contributed by atoms with van der Waals surface area (Å²) in [6.07, 6.45) is 8.62. The Labute approximate surface area is 129 Å². The van der Waals surface area contributed by atoms with Crippen LogP contribution in [0.25, 0.3) is 0 Å². The summed E-state index contributed by atoms with van der Waals surface area (Å²) in [5.74, 6) is 2.39. The van der Waals surface area contributed by atoms with E-state index in [1.165, 1.54) is 12.8 Å². The third-order valence-electron chi connectivity index (χ3n) is 2.57. The fraction of sp³-hybridized carbons (Fsp3) is 0.875. The molecule has 124 valence electrons. The van der Waals surface area contributed by atoms with Crippen molar-refractivity contribution in [3.8, 4) is 12.3 Å². The van der Waals surface area contributed by atoms with Crippen LogP contribution < -0.4 is 0 Å². The topological polar surface area (TPSA) is 46.2 Å². The number of hydrogen-bond donors (Lipinski definition) is 0. The lowest BCUT2D eigenvalue weighted by atomic mass is 10.3. The number of ether oxygens (including phenoxy) is 5. The summed E-state index contributed by atoms with van der Waals surface area (Å²) in [5, 5.41) is 0. The van der Waals surface area contributed by atoms with Crippen molar-refractivity contribution in [2.45, 2.75) is 26.2 Å². The molecule has 0 aliphatic carbocycles. The van der Waals surface area contributed by atoms with Gasteiger partial charge in [0, 0.05) is 6.61 Å². The van der Waals surface area contributed by atoms with Gasteiger partial charge in [-0.05, 0) is 6.42 Å². The summed E-state index contributed by atoms with van der Waals surface area (Å²) in [4.78, 5) is 0. The Balaban J connectivity index is 2.92. The van der Waals surface area contributed by atoms with Gasteiger partial charge in [0.05, 0.1) is 52.9 Å². The maximum atomic E-state index is 5.43. The minimum absolute atomic E-state index is 0.333. The maximum Gasteiger partial charge on any atom is 0.107 e. The van der Waals surface area contributed by atoms with Gasteiger partial charge in [0.15, 0.2) is 0 Å². The summed E-state index contributed by atoms with van der Waals surface area (Å²) < 4.78 is 26.5. The SMILES string of the molecule is C#CCOCCOCCOCCOCCOCCCCC. The second kappa shape index (κ2) is 19.4. The molecule has 0 aromatic rings. The van der Waals surface area contributed by atoms with Crippen LogP contribution in [0.5, 0.6) is 0 Å². The quantitative estimate of drug-likeness (QED) is 0.303. The molecule has 0 aromatic heterocycles. The third kappa shape index (κ3) is 19.4. The van der Waals surface area contributed by atoms with Gasteiger partial charge in [-0.25, -0.2) is 0 Å². The van der Waals surface area contributed by atoms with E-state index in [9.17, 15) is 0 Å². The molecular formula is C16H30O5. The van der Waals surface area contributed by atoms with E-state index in [0.29, 0.717) is 59.5 Å². The predicted molar refractivity (Wildman–Crippen MR) is 82.5 cm³/mol. The first-order valence-electron chi connectivity index (χ1n) is 7.74. The minimum Gasteiger partial charge on any atom is -0.379 e. The Hall–Kier alpha value is -0.640. The van der Waals surface area contributed by atoms with Crippen molar-refractivity contribution in [2.75, 3.05) is 66.1 Å². The Morgan fingerprint density at radius 2 is 1.05 bits per heavy atom. The molecule has 21 heavy (non-hydrogen) atoms. The predicted octanol–water partition coefficient (Wildman–Crippen LogP) is 1.89. The molecule has 0 aliphatic rings. The summed E-state index contributed by atoms with van der Waals surface area (Å²) in [6, 6.07) is 0. The van der Waals surface area contributed by atoms with Crippen LogP contribution in [-0.2, 0) is 23.7 Å². The van der Waals surface area contributed by atoms with E-state index in [0.717, 1.165) is 13.0 Å². The minimum atomic E-state index is 0.333. The summed E-state index contributed by atoms with van der Waals surface area (Å²) in [5.41, 5.74) is 0. The van der Waals surface area contributed by atoms with Crippen molar-refractivity contribution in [3.63, 3.8) is 0 Å². The normalized spacial score (nSPS) is 10.7. The van der Waals surface area contributed by atoms with Crippen molar-refractivity contribution in [1.29, 1.82) is 0 Å². The number of hydrogen-bond acceptors (Lipinski definition) is 5. The van der Waals surface area contributed by atoms with E-state index in [-0.39, 0.29) is 0 Å².